The molecule has 0 aliphatic rings. The van der Waals surface area contributed by atoms with Crippen molar-refractivity contribution in [3.63, 3.8) is 0 Å². The molecule has 3 heteroatoms. The second kappa shape index (κ2) is 11.6. The van der Waals surface area contributed by atoms with Gasteiger partial charge in [-0.3, -0.25) is 0 Å². The predicted octanol–water partition coefficient (Wildman–Crippen LogP) is 7.72. The van der Waals surface area contributed by atoms with E-state index < -0.39 is 0 Å². The van der Waals surface area contributed by atoms with Crippen LogP contribution in [0.4, 0.5) is 0 Å². The zero-order chi connectivity index (χ0) is 24.5. The average molecular weight is 456 g/mol. The van der Waals surface area contributed by atoms with Crippen molar-refractivity contribution in [2.45, 2.75) is 26.7 Å². The summed E-state index contributed by atoms with van der Waals surface area (Å²) in [5.41, 5.74) is 7.72. The summed E-state index contributed by atoms with van der Waals surface area (Å²) < 4.78 is 2.03. The molecule has 0 aliphatic heterocycles. The second-order valence-electron chi connectivity index (χ2n) is 8.16. The maximum absolute atomic E-state index is 5.84. The highest BCUT2D eigenvalue weighted by molar-refractivity contribution is 5.79. The van der Waals surface area contributed by atoms with Crippen molar-refractivity contribution in [2.75, 3.05) is 0 Å². The minimum Gasteiger partial charge on any atom is -0.306 e. The molecule has 4 aromatic rings. The Hall–Kier alpha value is -4.42. The number of aromatic nitrogens is 3. The maximum atomic E-state index is 5.84. The first kappa shape index (κ1) is 23.7. The zero-order valence-electron chi connectivity index (χ0n) is 20.2. The van der Waals surface area contributed by atoms with E-state index in [4.69, 9.17) is 16.4 Å². The van der Waals surface area contributed by atoms with Gasteiger partial charge in [0.05, 0.1) is 17.1 Å². The first-order valence-electron chi connectivity index (χ1n) is 11.8. The van der Waals surface area contributed by atoms with Gasteiger partial charge in [0.15, 0.2) is 0 Å². The Balaban J connectivity index is 1.67. The van der Waals surface area contributed by atoms with Gasteiger partial charge < -0.3 is 4.40 Å². The van der Waals surface area contributed by atoms with E-state index in [9.17, 15) is 0 Å². The summed E-state index contributed by atoms with van der Waals surface area (Å²) in [6.07, 6.45) is 26.0. The number of benzene rings is 1. The SMILES string of the molecule is C#C/C(=C\C=C/C)c1cc(CC/C=C\C=C/C)cc(-c2ccc(-c3cn4ccccc4n3)cc2)n1. The van der Waals surface area contributed by atoms with Crippen LogP contribution in [0.5, 0.6) is 0 Å². The van der Waals surface area contributed by atoms with Crippen LogP contribution in [0.3, 0.4) is 0 Å². The van der Waals surface area contributed by atoms with Crippen LogP contribution in [-0.4, -0.2) is 14.4 Å². The molecule has 0 bridgehead atoms. The van der Waals surface area contributed by atoms with Crippen LogP contribution in [0, 0.1) is 12.3 Å². The lowest BCUT2D eigenvalue weighted by atomic mass is 10.0. The summed E-state index contributed by atoms with van der Waals surface area (Å²) in [5.74, 6) is 2.80. The molecule has 3 aromatic heterocycles. The van der Waals surface area contributed by atoms with Gasteiger partial charge in [-0.25, -0.2) is 9.97 Å². The molecule has 0 aliphatic carbocycles. The van der Waals surface area contributed by atoms with Crippen LogP contribution in [-0.2, 0) is 6.42 Å². The Morgan fingerprint density at radius 1 is 0.914 bits per heavy atom. The van der Waals surface area contributed by atoms with Crippen molar-refractivity contribution in [1.82, 2.24) is 14.4 Å². The summed E-state index contributed by atoms with van der Waals surface area (Å²) in [4.78, 5) is 9.66. The van der Waals surface area contributed by atoms with Crippen LogP contribution >= 0.6 is 0 Å². The van der Waals surface area contributed by atoms with E-state index in [1.165, 1.54) is 5.56 Å². The highest BCUT2D eigenvalue weighted by Crippen LogP contribution is 2.26. The van der Waals surface area contributed by atoms with Crippen molar-refractivity contribution >= 4 is 11.2 Å². The summed E-state index contributed by atoms with van der Waals surface area (Å²) in [6.45, 7) is 3.99. The van der Waals surface area contributed by atoms with Crippen LogP contribution < -0.4 is 0 Å². The molecule has 0 amide bonds. The van der Waals surface area contributed by atoms with E-state index in [0.717, 1.165) is 52.3 Å². The van der Waals surface area contributed by atoms with Crippen molar-refractivity contribution in [3.8, 4) is 34.9 Å². The molecule has 0 spiro atoms. The molecular formula is C32H29N3. The fourth-order valence-electron chi connectivity index (χ4n) is 3.84. The molecule has 35 heavy (non-hydrogen) atoms. The van der Waals surface area contributed by atoms with Crippen LogP contribution in [0.2, 0.25) is 0 Å². The van der Waals surface area contributed by atoms with Crippen molar-refractivity contribution < 1.29 is 0 Å². The Kier molecular flexibility index (Phi) is 7.88. The van der Waals surface area contributed by atoms with E-state index in [0.29, 0.717) is 0 Å². The molecule has 4 rings (SSSR count). The van der Waals surface area contributed by atoms with Crippen molar-refractivity contribution in [1.29, 1.82) is 0 Å². The molecule has 0 atom stereocenters. The number of hydrogen-bond acceptors (Lipinski definition) is 2. The Bertz CT molecular complexity index is 1420. The third-order valence-electron chi connectivity index (χ3n) is 5.65. The molecule has 172 valence electrons. The van der Waals surface area contributed by atoms with Crippen molar-refractivity contribution in [2.24, 2.45) is 0 Å². The van der Waals surface area contributed by atoms with Crippen LogP contribution in [0.25, 0.3) is 33.7 Å². The third-order valence-corrected chi connectivity index (χ3v) is 5.65. The van der Waals surface area contributed by atoms with E-state index >= 15 is 0 Å². The van der Waals surface area contributed by atoms with Crippen LogP contribution in [0.1, 0.15) is 31.5 Å². The summed E-state index contributed by atoms with van der Waals surface area (Å²) in [7, 11) is 0. The molecule has 0 N–H and O–H groups in total. The van der Waals surface area contributed by atoms with E-state index in [2.05, 4.69) is 54.5 Å². The number of allylic oxidation sites excluding steroid dienone is 8. The molecule has 3 nitrogen and oxygen atoms in total. The van der Waals surface area contributed by atoms with Gasteiger partial charge in [-0.2, -0.15) is 0 Å². The number of pyridine rings is 2. The first-order valence-corrected chi connectivity index (χ1v) is 11.8. The molecule has 0 saturated heterocycles. The molecule has 0 saturated carbocycles. The van der Waals surface area contributed by atoms with Gasteiger partial charge in [-0.05, 0) is 62.6 Å². The molecular weight excluding hydrogens is 426 g/mol. The highest BCUT2D eigenvalue weighted by Gasteiger charge is 2.09. The first-order chi connectivity index (χ1) is 17.2. The van der Waals surface area contributed by atoms with Gasteiger partial charge in [-0.1, -0.05) is 72.7 Å². The van der Waals surface area contributed by atoms with Crippen molar-refractivity contribution in [3.05, 3.63) is 121 Å². The number of terminal acetylenes is 1. The minimum atomic E-state index is 0.775. The topological polar surface area (TPSA) is 30.2 Å². The van der Waals surface area contributed by atoms with Gasteiger partial charge in [0.25, 0.3) is 0 Å². The second-order valence-corrected chi connectivity index (χ2v) is 8.16. The molecule has 3 heterocycles. The lowest BCUT2D eigenvalue weighted by Crippen LogP contribution is -1.96. The summed E-state index contributed by atoms with van der Waals surface area (Å²) in [5, 5.41) is 0. The smallest absolute Gasteiger partial charge is 0.137 e. The predicted molar refractivity (Wildman–Crippen MR) is 148 cm³/mol. The summed E-state index contributed by atoms with van der Waals surface area (Å²) in [6, 6.07) is 18.7. The number of rotatable bonds is 8. The fourth-order valence-corrected chi connectivity index (χ4v) is 3.84. The van der Waals surface area contributed by atoms with E-state index in [1.54, 1.807) is 0 Å². The zero-order valence-corrected chi connectivity index (χ0v) is 20.2. The molecule has 0 radical (unpaired) electrons. The number of imidazole rings is 1. The third kappa shape index (κ3) is 5.93. The van der Waals surface area contributed by atoms with Gasteiger partial charge >= 0.3 is 0 Å². The van der Waals surface area contributed by atoms with Gasteiger partial charge in [0.2, 0.25) is 0 Å². The quantitative estimate of drug-likeness (QED) is 0.201. The monoisotopic (exact) mass is 455 g/mol. The Labute approximate surface area is 207 Å². The Morgan fingerprint density at radius 2 is 1.69 bits per heavy atom. The number of hydrogen-bond donors (Lipinski definition) is 0. The highest BCUT2D eigenvalue weighted by atomic mass is 15.0. The largest absolute Gasteiger partial charge is 0.306 e. The number of aryl methyl sites for hydroxylation is 1. The molecule has 0 fully saturated rings. The fraction of sp³-hybridized carbons (Fsp3) is 0.125. The Morgan fingerprint density at radius 3 is 2.40 bits per heavy atom. The normalized spacial score (nSPS) is 12.3. The maximum Gasteiger partial charge on any atom is 0.137 e. The van der Waals surface area contributed by atoms with Crippen LogP contribution in [0.15, 0.2) is 110 Å². The van der Waals surface area contributed by atoms with E-state index in [1.807, 2.05) is 79.2 Å². The number of nitrogens with zero attached hydrogens (tertiary/aromatic N) is 3. The van der Waals surface area contributed by atoms with E-state index in [-0.39, 0.29) is 0 Å². The summed E-state index contributed by atoms with van der Waals surface area (Å²) >= 11 is 0. The lowest BCUT2D eigenvalue weighted by molar-refractivity contribution is 0.993. The molecule has 1 aromatic carbocycles. The minimum absolute atomic E-state index is 0.775. The molecule has 0 unspecified atom stereocenters. The number of fused-ring (bicyclic) bond motifs is 1. The van der Waals surface area contributed by atoms with Gasteiger partial charge in [-0.15, -0.1) is 6.42 Å². The standard InChI is InChI=1S/C32H29N3/c1-4-7-9-10-11-14-25-22-29(26(6-3)15-8-5-2)33-30(23-25)27-17-19-28(20-18-27)31-24-35-21-13-12-16-32(35)34-31/h3-5,7-10,12-13,15-24H,11,14H2,1-2H3/b7-4-,8-5-,10-9-,26-15+. The van der Waals surface area contributed by atoms with Gasteiger partial charge in [0.1, 0.15) is 5.65 Å². The average Bonchev–Trinajstić information content (AvgIpc) is 3.33. The van der Waals surface area contributed by atoms with Gasteiger partial charge in [0, 0.05) is 29.1 Å². The lowest BCUT2D eigenvalue weighted by Gasteiger charge is -2.10.